The molecule has 0 aliphatic heterocycles. The molecule has 2 nitrogen and oxygen atoms in total. The van der Waals surface area contributed by atoms with Crippen LogP contribution in [0.1, 0.15) is 65.4 Å². The smallest absolute Gasteiger partial charge is 0.0366 e. The van der Waals surface area contributed by atoms with Crippen molar-refractivity contribution in [2.24, 2.45) is 0 Å². The van der Waals surface area contributed by atoms with Crippen LogP contribution >= 0.6 is 0 Å². The molecule has 1 unspecified atom stereocenters. The lowest BCUT2D eigenvalue weighted by Gasteiger charge is -2.21. The monoisotopic (exact) mass is 290 g/mol. The average Bonchev–Trinajstić information content (AvgIpc) is 2.53. The third-order valence-electron chi connectivity index (χ3n) is 4.31. The molecule has 1 aromatic carbocycles. The number of hydrogen-bond acceptors (Lipinski definition) is 2. The van der Waals surface area contributed by atoms with Crippen molar-refractivity contribution in [3.8, 4) is 0 Å². The van der Waals surface area contributed by atoms with Gasteiger partial charge in [0.15, 0.2) is 0 Å². The number of nitrogens with zero attached hydrogens (tertiary/aromatic N) is 1. The second-order valence-electron chi connectivity index (χ2n) is 5.82. The van der Waals surface area contributed by atoms with Gasteiger partial charge in [0.05, 0.1) is 0 Å². The third kappa shape index (κ3) is 6.52. The molecule has 1 aromatic rings. The zero-order valence-corrected chi connectivity index (χ0v) is 14.5. The molecular weight excluding hydrogens is 256 g/mol. The van der Waals surface area contributed by atoms with Crippen LogP contribution in [0.5, 0.6) is 0 Å². The SMILES string of the molecule is CCCCCC(CC)NCc1ccc(N(CC)CC)cc1. The Morgan fingerprint density at radius 1 is 0.952 bits per heavy atom. The molecule has 1 atom stereocenters. The Labute approximate surface area is 131 Å². The first-order valence-corrected chi connectivity index (χ1v) is 8.82. The van der Waals surface area contributed by atoms with Crippen molar-refractivity contribution in [2.45, 2.75) is 72.4 Å². The standard InChI is InChI=1S/C19H34N2/c1-5-9-10-11-18(6-2)20-16-17-12-14-19(15-13-17)21(7-3)8-4/h12-15,18,20H,5-11,16H2,1-4H3. The molecular formula is C19H34N2. The van der Waals surface area contributed by atoms with Gasteiger partial charge in [0, 0.05) is 31.4 Å². The van der Waals surface area contributed by atoms with Crippen LogP contribution in [0.15, 0.2) is 24.3 Å². The predicted molar refractivity (Wildman–Crippen MR) is 95.1 cm³/mol. The molecule has 1 rings (SSSR count). The molecule has 120 valence electrons. The third-order valence-corrected chi connectivity index (χ3v) is 4.31. The molecule has 0 saturated carbocycles. The largest absolute Gasteiger partial charge is 0.372 e. The van der Waals surface area contributed by atoms with Crippen LogP contribution in [-0.2, 0) is 6.54 Å². The average molecular weight is 290 g/mol. The van der Waals surface area contributed by atoms with Gasteiger partial charge in [-0.25, -0.2) is 0 Å². The maximum absolute atomic E-state index is 3.71. The van der Waals surface area contributed by atoms with Crippen LogP contribution in [0.4, 0.5) is 5.69 Å². The van der Waals surface area contributed by atoms with Crippen LogP contribution in [0, 0.1) is 0 Å². The van der Waals surface area contributed by atoms with Crippen LogP contribution in [-0.4, -0.2) is 19.1 Å². The topological polar surface area (TPSA) is 15.3 Å². The molecule has 0 radical (unpaired) electrons. The maximum Gasteiger partial charge on any atom is 0.0366 e. The number of benzene rings is 1. The van der Waals surface area contributed by atoms with Crippen molar-refractivity contribution in [3.05, 3.63) is 29.8 Å². The first-order valence-electron chi connectivity index (χ1n) is 8.82. The molecule has 0 bridgehead atoms. The summed E-state index contributed by atoms with van der Waals surface area (Å²) in [5.74, 6) is 0. The highest BCUT2D eigenvalue weighted by atomic mass is 15.1. The minimum absolute atomic E-state index is 0.666. The highest BCUT2D eigenvalue weighted by molar-refractivity contribution is 5.47. The number of unbranched alkanes of at least 4 members (excludes halogenated alkanes) is 2. The molecule has 0 fully saturated rings. The number of nitrogens with one attached hydrogen (secondary N) is 1. The summed E-state index contributed by atoms with van der Waals surface area (Å²) in [6, 6.07) is 9.70. The summed E-state index contributed by atoms with van der Waals surface area (Å²) in [6.45, 7) is 12.1. The molecule has 0 aliphatic rings. The first-order chi connectivity index (χ1) is 10.2. The highest BCUT2D eigenvalue weighted by Gasteiger charge is 2.06. The minimum Gasteiger partial charge on any atom is -0.372 e. The van der Waals surface area contributed by atoms with Gasteiger partial charge < -0.3 is 10.2 Å². The van der Waals surface area contributed by atoms with Crippen molar-refractivity contribution in [1.29, 1.82) is 0 Å². The van der Waals surface area contributed by atoms with Crippen molar-refractivity contribution in [2.75, 3.05) is 18.0 Å². The van der Waals surface area contributed by atoms with Gasteiger partial charge in [-0.2, -0.15) is 0 Å². The van der Waals surface area contributed by atoms with Crippen molar-refractivity contribution in [3.63, 3.8) is 0 Å². The Morgan fingerprint density at radius 2 is 1.62 bits per heavy atom. The van der Waals surface area contributed by atoms with Crippen molar-refractivity contribution in [1.82, 2.24) is 5.32 Å². The maximum atomic E-state index is 3.71. The van der Waals surface area contributed by atoms with Crippen LogP contribution < -0.4 is 10.2 Å². The van der Waals surface area contributed by atoms with Gasteiger partial charge in [-0.1, -0.05) is 45.2 Å². The second kappa shape index (κ2) is 10.7. The quantitative estimate of drug-likeness (QED) is 0.578. The normalized spacial score (nSPS) is 12.4. The Balaban J connectivity index is 2.43. The van der Waals surface area contributed by atoms with Crippen molar-refractivity contribution < 1.29 is 0 Å². The van der Waals surface area contributed by atoms with Gasteiger partial charge in [0.25, 0.3) is 0 Å². The summed E-state index contributed by atoms with van der Waals surface area (Å²) >= 11 is 0. The number of rotatable bonds is 11. The first kappa shape index (κ1) is 18.0. The van der Waals surface area contributed by atoms with Gasteiger partial charge in [0.2, 0.25) is 0 Å². The summed E-state index contributed by atoms with van der Waals surface area (Å²) in [6.07, 6.45) is 6.55. The molecule has 0 amide bonds. The molecule has 1 N–H and O–H groups in total. The van der Waals surface area contributed by atoms with E-state index < -0.39 is 0 Å². The molecule has 2 heteroatoms. The van der Waals surface area contributed by atoms with Crippen LogP contribution in [0.25, 0.3) is 0 Å². The Hall–Kier alpha value is -1.02. The van der Waals surface area contributed by atoms with E-state index in [2.05, 4.69) is 62.2 Å². The summed E-state index contributed by atoms with van der Waals surface area (Å²) in [4.78, 5) is 2.39. The zero-order chi connectivity index (χ0) is 15.5. The second-order valence-corrected chi connectivity index (χ2v) is 5.82. The zero-order valence-electron chi connectivity index (χ0n) is 14.5. The number of hydrogen-bond donors (Lipinski definition) is 1. The summed E-state index contributed by atoms with van der Waals surface area (Å²) in [5, 5.41) is 3.71. The van der Waals surface area contributed by atoms with E-state index in [1.807, 2.05) is 0 Å². The summed E-state index contributed by atoms with van der Waals surface area (Å²) < 4.78 is 0. The molecule has 0 spiro atoms. The van der Waals surface area contributed by atoms with Gasteiger partial charge >= 0.3 is 0 Å². The fourth-order valence-electron chi connectivity index (χ4n) is 2.77. The molecule has 0 aromatic heterocycles. The fourth-order valence-corrected chi connectivity index (χ4v) is 2.77. The van der Waals surface area contributed by atoms with Crippen molar-refractivity contribution >= 4 is 5.69 Å². The van der Waals surface area contributed by atoms with Gasteiger partial charge in [-0.3, -0.25) is 0 Å². The predicted octanol–water partition coefficient (Wildman–Crippen LogP) is 4.98. The Morgan fingerprint density at radius 3 is 2.14 bits per heavy atom. The summed E-state index contributed by atoms with van der Waals surface area (Å²) in [7, 11) is 0. The lowest BCUT2D eigenvalue weighted by Crippen LogP contribution is -2.28. The van der Waals surface area contributed by atoms with E-state index in [4.69, 9.17) is 0 Å². The Bertz CT molecular complexity index is 354. The fraction of sp³-hybridized carbons (Fsp3) is 0.684. The molecule has 21 heavy (non-hydrogen) atoms. The van der Waals surface area contributed by atoms with Crippen LogP contribution in [0.3, 0.4) is 0 Å². The van der Waals surface area contributed by atoms with E-state index in [0.717, 1.165) is 19.6 Å². The van der Waals surface area contributed by atoms with Crippen LogP contribution in [0.2, 0.25) is 0 Å². The minimum atomic E-state index is 0.666. The Kier molecular flexibility index (Phi) is 9.16. The number of anilines is 1. The lowest BCUT2D eigenvalue weighted by atomic mass is 10.1. The molecule has 0 aliphatic carbocycles. The van der Waals surface area contributed by atoms with E-state index in [1.165, 1.54) is 43.4 Å². The summed E-state index contributed by atoms with van der Waals surface area (Å²) in [5.41, 5.74) is 2.72. The van der Waals surface area contributed by atoms with E-state index >= 15 is 0 Å². The van der Waals surface area contributed by atoms with E-state index in [1.54, 1.807) is 0 Å². The molecule has 0 heterocycles. The highest BCUT2D eigenvalue weighted by Crippen LogP contribution is 2.15. The van der Waals surface area contributed by atoms with E-state index in [9.17, 15) is 0 Å². The van der Waals surface area contributed by atoms with Gasteiger partial charge in [0.1, 0.15) is 0 Å². The van der Waals surface area contributed by atoms with Gasteiger partial charge in [-0.15, -0.1) is 0 Å². The van der Waals surface area contributed by atoms with E-state index in [-0.39, 0.29) is 0 Å². The molecule has 0 saturated heterocycles. The van der Waals surface area contributed by atoms with E-state index in [0.29, 0.717) is 6.04 Å². The lowest BCUT2D eigenvalue weighted by molar-refractivity contribution is 0.446. The van der Waals surface area contributed by atoms with Gasteiger partial charge in [-0.05, 0) is 44.4 Å².